The Morgan fingerprint density at radius 1 is 1.36 bits per heavy atom. The van der Waals surface area contributed by atoms with Crippen LogP contribution in [0.15, 0.2) is 18.3 Å². The maximum absolute atomic E-state index is 11.9. The Morgan fingerprint density at radius 3 is 2.44 bits per heavy atom. The van der Waals surface area contributed by atoms with Gasteiger partial charge in [-0.25, -0.2) is 9.78 Å². The molecule has 7 heteroatoms. The predicted molar refractivity (Wildman–Crippen MR) is 97.0 cm³/mol. The summed E-state index contributed by atoms with van der Waals surface area (Å²) >= 11 is 0. The van der Waals surface area contributed by atoms with Crippen molar-refractivity contribution in [2.24, 2.45) is 5.41 Å². The summed E-state index contributed by atoms with van der Waals surface area (Å²) in [5.41, 5.74) is 0.450. The van der Waals surface area contributed by atoms with Gasteiger partial charge in [0.2, 0.25) is 0 Å². The van der Waals surface area contributed by atoms with Crippen LogP contribution in [0.1, 0.15) is 45.1 Å². The first-order chi connectivity index (χ1) is 11.5. The number of piperazine rings is 1. The number of nitrogens with one attached hydrogen (secondary N) is 1. The molecular formula is C18H28N4O3. The minimum atomic E-state index is -0.891. The van der Waals surface area contributed by atoms with E-state index in [-0.39, 0.29) is 17.4 Å². The number of carbonyl (C=O) groups is 2. The number of carboxylic acid groups (broad SMARTS) is 1. The third kappa shape index (κ3) is 3.41. The van der Waals surface area contributed by atoms with E-state index in [2.05, 4.69) is 36.0 Å². The Kier molecular flexibility index (Phi) is 4.97. The number of pyridine rings is 1. The van der Waals surface area contributed by atoms with Gasteiger partial charge in [-0.05, 0) is 31.4 Å². The minimum Gasteiger partial charge on any atom is -0.465 e. The van der Waals surface area contributed by atoms with Gasteiger partial charge in [-0.3, -0.25) is 9.69 Å². The molecule has 1 aromatic rings. The van der Waals surface area contributed by atoms with Crippen molar-refractivity contribution < 1.29 is 14.7 Å². The quantitative estimate of drug-likeness (QED) is 0.857. The van der Waals surface area contributed by atoms with Crippen molar-refractivity contribution in [3.05, 3.63) is 24.0 Å². The lowest BCUT2D eigenvalue weighted by Crippen LogP contribution is -2.70. The largest absolute Gasteiger partial charge is 0.465 e. The molecule has 138 valence electrons. The fourth-order valence-electron chi connectivity index (χ4n) is 3.43. The number of aromatic nitrogens is 1. The van der Waals surface area contributed by atoms with Crippen LogP contribution in [0.5, 0.6) is 0 Å². The number of amides is 2. The third-order valence-electron chi connectivity index (χ3n) is 5.35. The number of rotatable bonds is 2. The number of anilines is 1. The number of hydrogen-bond acceptors (Lipinski definition) is 4. The molecule has 2 N–H and O–H groups in total. The summed E-state index contributed by atoms with van der Waals surface area (Å²) in [4.78, 5) is 31.5. The van der Waals surface area contributed by atoms with Crippen LogP contribution in [0.25, 0.3) is 0 Å². The molecule has 0 radical (unpaired) electrons. The molecule has 1 aliphatic heterocycles. The second-order valence-corrected chi connectivity index (χ2v) is 7.89. The van der Waals surface area contributed by atoms with Gasteiger partial charge in [0.1, 0.15) is 5.69 Å². The second-order valence-electron chi connectivity index (χ2n) is 7.89. The Morgan fingerprint density at radius 2 is 2.00 bits per heavy atom. The van der Waals surface area contributed by atoms with E-state index >= 15 is 0 Å². The van der Waals surface area contributed by atoms with E-state index in [4.69, 9.17) is 0 Å². The fraction of sp³-hybridized carbons (Fsp3) is 0.611. The van der Waals surface area contributed by atoms with Crippen LogP contribution in [0.4, 0.5) is 10.5 Å². The molecule has 0 spiro atoms. The summed E-state index contributed by atoms with van der Waals surface area (Å²) in [6.07, 6.45) is 0.786. The van der Waals surface area contributed by atoms with E-state index in [9.17, 15) is 14.7 Å². The highest BCUT2D eigenvalue weighted by molar-refractivity contribution is 5.92. The van der Waals surface area contributed by atoms with Gasteiger partial charge in [0, 0.05) is 20.1 Å². The summed E-state index contributed by atoms with van der Waals surface area (Å²) in [6, 6.07) is 3.40. The molecule has 7 nitrogen and oxygen atoms in total. The summed E-state index contributed by atoms with van der Waals surface area (Å²) in [5.74, 6) is -0.227. The van der Waals surface area contributed by atoms with Crippen molar-refractivity contribution >= 4 is 17.7 Å². The molecule has 0 bridgehead atoms. The van der Waals surface area contributed by atoms with Crippen LogP contribution >= 0.6 is 0 Å². The maximum Gasteiger partial charge on any atom is 0.408 e. The first-order valence-corrected chi connectivity index (χ1v) is 8.46. The Balaban J connectivity index is 2.35. The lowest BCUT2D eigenvalue weighted by molar-refractivity contribution is -0.0170. The SMILES string of the molecule is CNC(=O)c1ccc(N2C[C@H](C)N(C(=O)O)[C@](C)(C(C)(C)C)C2)cn1. The zero-order valence-corrected chi connectivity index (χ0v) is 15.8. The van der Waals surface area contributed by atoms with Crippen molar-refractivity contribution in [2.75, 3.05) is 25.0 Å². The van der Waals surface area contributed by atoms with Crippen LogP contribution in [-0.2, 0) is 0 Å². The molecular weight excluding hydrogens is 320 g/mol. The summed E-state index contributed by atoms with van der Waals surface area (Å²) in [6.45, 7) is 11.3. The topological polar surface area (TPSA) is 85.8 Å². The van der Waals surface area contributed by atoms with Crippen molar-refractivity contribution in [1.29, 1.82) is 0 Å². The van der Waals surface area contributed by atoms with Gasteiger partial charge < -0.3 is 15.3 Å². The van der Waals surface area contributed by atoms with Crippen LogP contribution < -0.4 is 10.2 Å². The van der Waals surface area contributed by atoms with Gasteiger partial charge in [0.05, 0.1) is 23.5 Å². The molecule has 1 fully saturated rings. The van der Waals surface area contributed by atoms with E-state index in [0.717, 1.165) is 5.69 Å². The Hall–Kier alpha value is -2.31. The molecule has 1 aliphatic rings. The Bertz CT molecular complexity index is 653. The lowest BCUT2D eigenvalue weighted by atomic mass is 9.71. The van der Waals surface area contributed by atoms with E-state index < -0.39 is 11.6 Å². The fourth-order valence-corrected chi connectivity index (χ4v) is 3.43. The highest BCUT2D eigenvalue weighted by Gasteiger charge is 2.51. The van der Waals surface area contributed by atoms with Gasteiger partial charge in [0.25, 0.3) is 5.91 Å². The molecule has 2 rings (SSSR count). The summed E-state index contributed by atoms with van der Waals surface area (Å²) in [7, 11) is 1.57. The van der Waals surface area contributed by atoms with Gasteiger partial charge >= 0.3 is 6.09 Å². The van der Waals surface area contributed by atoms with Crippen molar-refractivity contribution in [1.82, 2.24) is 15.2 Å². The highest BCUT2D eigenvalue weighted by Crippen LogP contribution is 2.41. The number of nitrogens with zero attached hydrogens (tertiary/aromatic N) is 3. The molecule has 2 atom stereocenters. The summed E-state index contributed by atoms with van der Waals surface area (Å²) in [5, 5.41) is 12.3. The molecule has 2 heterocycles. The highest BCUT2D eigenvalue weighted by atomic mass is 16.4. The standard InChI is InChI=1S/C18H28N4O3/c1-12-10-21(13-7-8-14(20-9-13)15(23)19-6)11-18(5,17(2,3)4)22(12)16(24)25/h7-9,12H,10-11H2,1-6H3,(H,19,23)(H,24,25)/t12-,18-/m0/s1. The Labute approximate surface area is 149 Å². The monoisotopic (exact) mass is 348 g/mol. The van der Waals surface area contributed by atoms with E-state index in [0.29, 0.717) is 18.8 Å². The average Bonchev–Trinajstić information content (AvgIpc) is 2.52. The molecule has 1 aromatic heterocycles. The zero-order valence-electron chi connectivity index (χ0n) is 15.8. The normalized spacial score (nSPS) is 24.2. The molecule has 0 aromatic carbocycles. The minimum absolute atomic E-state index is 0.158. The smallest absolute Gasteiger partial charge is 0.408 e. The first kappa shape index (κ1) is 19.0. The first-order valence-electron chi connectivity index (χ1n) is 8.46. The lowest BCUT2D eigenvalue weighted by Gasteiger charge is -2.57. The molecule has 0 aliphatic carbocycles. The van der Waals surface area contributed by atoms with Crippen molar-refractivity contribution in [3.8, 4) is 0 Å². The third-order valence-corrected chi connectivity index (χ3v) is 5.35. The molecule has 1 saturated heterocycles. The predicted octanol–water partition coefficient (Wildman–Crippen LogP) is 2.43. The number of carbonyl (C=O) groups excluding carboxylic acids is 1. The van der Waals surface area contributed by atoms with E-state index in [1.807, 2.05) is 19.9 Å². The summed E-state index contributed by atoms with van der Waals surface area (Å²) < 4.78 is 0. The van der Waals surface area contributed by atoms with Crippen LogP contribution in [0.3, 0.4) is 0 Å². The van der Waals surface area contributed by atoms with Gasteiger partial charge in [-0.2, -0.15) is 0 Å². The molecule has 0 saturated carbocycles. The molecule has 2 amide bonds. The maximum atomic E-state index is 11.9. The second kappa shape index (κ2) is 6.54. The van der Waals surface area contributed by atoms with Gasteiger partial charge in [-0.15, -0.1) is 0 Å². The van der Waals surface area contributed by atoms with Crippen LogP contribution in [-0.4, -0.2) is 58.7 Å². The molecule has 0 unspecified atom stereocenters. The van der Waals surface area contributed by atoms with E-state index in [1.54, 1.807) is 24.2 Å². The zero-order chi connectivity index (χ0) is 19.0. The van der Waals surface area contributed by atoms with Crippen molar-refractivity contribution in [2.45, 2.75) is 46.2 Å². The van der Waals surface area contributed by atoms with Gasteiger partial charge in [0.15, 0.2) is 0 Å². The average molecular weight is 348 g/mol. The van der Waals surface area contributed by atoms with Crippen LogP contribution in [0.2, 0.25) is 0 Å². The van der Waals surface area contributed by atoms with Gasteiger partial charge in [-0.1, -0.05) is 20.8 Å². The molecule has 25 heavy (non-hydrogen) atoms. The number of hydrogen-bond donors (Lipinski definition) is 2. The van der Waals surface area contributed by atoms with Crippen LogP contribution in [0, 0.1) is 5.41 Å². The van der Waals surface area contributed by atoms with E-state index in [1.165, 1.54) is 0 Å². The van der Waals surface area contributed by atoms with Crippen molar-refractivity contribution in [3.63, 3.8) is 0 Å².